The second-order valence-corrected chi connectivity index (χ2v) is 5.13. The summed E-state index contributed by atoms with van der Waals surface area (Å²) in [5, 5.41) is 0. The van der Waals surface area contributed by atoms with Gasteiger partial charge in [-0.05, 0) is 42.7 Å². The molecule has 22 heavy (non-hydrogen) atoms. The van der Waals surface area contributed by atoms with Crippen molar-refractivity contribution >= 4 is 5.69 Å². The molecular formula is C18H22FNO2. The molecule has 0 aliphatic rings. The van der Waals surface area contributed by atoms with Crippen LogP contribution in [0.3, 0.4) is 0 Å². The molecule has 2 aromatic rings. The molecule has 0 spiro atoms. The van der Waals surface area contributed by atoms with E-state index in [2.05, 4.69) is 13.8 Å². The average Bonchev–Trinajstić information content (AvgIpc) is 2.51. The Hall–Kier alpha value is -2.23. The second kappa shape index (κ2) is 7.69. The highest BCUT2D eigenvalue weighted by atomic mass is 19.1. The standard InChI is InChI=1S/C18H22FNO2/c1-3-5-10-21-18-11-13(4-2)6-8-17(18)22-16-9-7-14(20)12-15(16)19/h6-9,11-12H,3-5,10,20H2,1-2H3. The van der Waals surface area contributed by atoms with Crippen LogP contribution in [-0.4, -0.2) is 6.61 Å². The maximum Gasteiger partial charge on any atom is 0.169 e. The number of nitrogen functional groups attached to an aromatic ring is 1. The molecule has 0 heterocycles. The fourth-order valence-corrected chi connectivity index (χ4v) is 2.01. The van der Waals surface area contributed by atoms with Crippen molar-refractivity contribution in [2.75, 3.05) is 12.3 Å². The van der Waals surface area contributed by atoms with E-state index in [0.29, 0.717) is 23.8 Å². The van der Waals surface area contributed by atoms with Gasteiger partial charge in [0.15, 0.2) is 23.1 Å². The zero-order valence-electron chi connectivity index (χ0n) is 13.1. The van der Waals surface area contributed by atoms with Gasteiger partial charge in [-0.3, -0.25) is 0 Å². The van der Waals surface area contributed by atoms with Gasteiger partial charge in [-0.2, -0.15) is 0 Å². The van der Waals surface area contributed by atoms with Crippen molar-refractivity contribution in [2.45, 2.75) is 33.1 Å². The first-order chi connectivity index (χ1) is 10.6. The Morgan fingerprint density at radius 1 is 1.00 bits per heavy atom. The molecule has 0 bridgehead atoms. The van der Waals surface area contributed by atoms with Crippen molar-refractivity contribution < 1.29 is 13.9 Å². The Morgan fingerprint density at radius 2 is 1.77 bits per heavy atom. The van der Waals surface area contributed by atoms with E-state index >= 15 is 0 Å². The van der Waals surface area contributed by atoms with E-state index < -0.39 is 5.82 Å². The van der Waals surface area contributed by atoms with Crippen molar-refractivity contribution in [2.24, 2.45) is 0 Å². The Bertz CT molecular complexity index is 628. The van der Waals surface area contributed by atoms with Gasteiger partial charge in [0.25, 0.3) is 0 Å². The fraction of sp³-hybridized carbons (Fsp3) is 0.333. The molecule has 0 amide bonds. The van der Waals surface area contributed by atoms with Gasteiger partial charge < -0.3 is 15.2 Å². The van der Waals surface area contributed by atoms with E-state index in [1.54, 1.807) is 6.07 Å². The Kier molecular flexibility index (Phi) is 5.64. The van der Waals surface area contributed by atoms with Crippen LogP contribution in [0.15, 0.2) is 36.4 Å². The lowest BCUT2D eigenvalue weighted by Gasteiger charge is -2.14. The summed E-state index contributed by atoms with van der Waals surface area (Å²) in [6, 6.07) is 10.1. The van der Waals surface area contributed by atoms with Gasteiger partial charge in [0.2, 0.25) is 0 Å². The van der Waals surface area contributed by atoms with Crippen molar-refractivity contribution in [1.29, 1.82) is 0 Å². The maximum absolute atomic E-state index is 13.9. The van der Waals surface area contributed by atoms with Crippen molar-refractivity contribution in [3.8, 4) is 17.2 Å². The van der Waals surface area contributed by atoms with Crippen molar-refractivity contribution in [3.05, 3.63) is 47.8 Å². The Labute approximate surface area is 130 Å². The molecule has 2 N–H and O–H groups in total. The molecular weight excluding hydrogens is 281 g/mol. The third kappa shape index (κ3) is 4.13. The average molecular weight is 303 g/mol. The lowest BCUT2D eigenvalue weighted by atomic mass is 10.1. The summed E-state index contributed by atoms with van der Waals surface area (Å²) in [6.45, 7) is 4.79. The summed E-state index contributed by atoms with van der Waals surface area (Å²) in [5.41, 5.74) is 7.07. The van der Waals surface area contributed by atoms with Crippen molar-refractivity contribution in [3.63, 3.8) is 0 Å². The first-order valence-electron chi connectivity index (χ1n) is 7.62. The number of unbranched alkanes of at least 4 members (excludes halogenated alkanes) is 1. The number of benzene rings is 2. The lowest BCUT2D eigenvalue weighted by Crippen LogP contribution is -2.00. The van der Waals surface area contributed by atoms with Crippen molar-refractivity contribution in [1.82, 2.24) is 0 Å². The van der Waals surface area contributed by atoms with Gasteiger partial charge in [-0.15, -0.1) is 0 Å². The second-order valence-electron chi connectivity index (χ2n) is 5.13. The van der Waals surface area contributed by atoms with Gasteiger partial charge in [0.1, 0.15) is 0 Å². The highest BCUT2D eigenvalue weighted by Crippen LogP contribution is 2.34. The number of ether oxygens (including phenoxy) is 2. The predicted octanol–water partition coefficient (Wildman–Crippen LogP) is 4.94. The fourth-order valence-electron chi connectivity index (χ4n) is 2.01. The zero-order valence-corrected chi connectivity index (χ0v) is 13.1. The minimum Gasteiger partial charge on any atom is -0.490 e. The lowest BCUT2D eigenvalue weighted by molar-refractivity contribution is 0.293. The number of halogens is 1. The van der Waals surface area contributed by atoms with E-state index in [1.807, 2.05) is 18.2 Å². The molecule has 0 unspecified atom stereocenters. The summed E-state index contributed by atoms with van der Waals surface area (Å²) >= 11 is 0. The van der Waals surface area contributed by atoms with Crippen LogP contribution < -0.4 is 15.2 Å². The number of rotatable bonds is 7. The van der Waals surface area contributed by atoms with E-state index in [1.165, 1.54) is 12.1 Å². The van der Waals surface area contributed by atoms with Crippen LogP contribution in [-0.2, 0) is 6.42 Å². The first kappa shape index (κ1) is 16.1. The molecule has 0 radical (unpaired) electrons. The molecule has 0 aliphatic heterocycles. The predicted molar refractivity (Wildman–Crippen MR) is 87.1 cm³/mol. The third-order valence-electron chi connectivity index (χ3n) is 3.35. The Balaban J connectivity index is 2.24. The van der Waals surface area contributed by atoms with Gasteiger partial charge in [-0.25, -0.2) is 4.39 Å². The highest BCUT2D eigenvalue weighted by molar-refractivity contribution is 5.48. The summed E-state index contributed by atoms with van der Waals surface area (Å²) in [5.74, 6) is 0.805. The topological polar surface area (TPSA) is 44.5 Å². The normalized spacial score (nSPS) is 10.5. The van der Waals surface area contributed by atoms with E-state index in [0.717, 1.165) is 24.8 Å². The monoisotopic (exact) mass is 303 g/mol. The minimum atomic E-state index is -0.487. The van der Waals surface area contributed by atoms with Gasteiger partial charge in [-0.1, -0.05) is 26.3 Å². The summed E-state index contributed by atoms with van der Waals surface area (Å²) in [4.78, 5) is 0. The van der Waals surface area contributed by atoms with Crippen LogP contribution in [0.25, 0.3) is 0 Å². The molecule has 0 aliphatic carbocycles. The third-order valence-corrected chi connectivity index (χ3v) is 3.35. The molecule has 4 heteroatoms. The van der Waals surface area contributed by atoms with Gasteiger partial charge >= 0.3 is 0 Å². The van der Waals surface area contributed by atoms with Crippen LogP contribution in [0, 0.1) is 5.82 Å². The largest absolute Gasteiger partial charge is 0.490 e. The number of nitrogens with two attached hydrogens (primary N) is 1. The van der Waals surface area contributed by atoms with Crippen LogP contribution in [0.1, 0.15) is 32.3 Å². The molecule has 2 rings (SSSR count). The molecule has 0 saturated carbocycles. The maximum atomic E-state index is 13.9. The number of hydrogen-bond acceptors (Lipinski definition) is 3. The molecule has 0 aromatic heterocycles. The smallest absolute Gasteiger partial charge is 0.169 e. The number of aryl methyl sites for hydroxylation is 1. The molecule has 0 fully saturated rings. The van der Waals surface area contributed by atoms with E-state index in [-0.39, 0.29) is 5.75 Å². The molecule has 2 aromatic carbocycles. The summed E-state index contributed by atoms with van der Waals surface area (Å²) in [7, 11) is 0. The van der Waals surface area contributed by atoms with Crippen LogP contribution in [0.5, 0.6) is 17.2 Å². The highest BCUT2D eigenvalue weighted by Gasteiger charge is 2.11. The zero-order chi connectivity index (χ0) is 15.9. The molecule has 3 nitrogen and oxygen atoms in total. The van der Waals surface area contributed by atoms with Gasteiger partial charge in [0, 0.05) is 11.8 Å². The minimum absolute atomic E-state index is 0.138. The van der Waals surface area contributed by atoms with Crippen LogP contribution in [0.2, 0.25) is 0 Å². The molecule has 0 saturated heterocycles. The number of anilines is 1. The molecule has 118 valence electrons. The van der Waals surface area contributed by atoms with Crippen LogP contribution >= 0.6 is 0 Å². The number of hydrogen-bond donors (Lipinski definition) is 1. The quantitative estimate of drug-likeness (QED) is 0.582. The SMILES string of the molecule is CCCCOc1cc(CC)ccc1Oc1ccc(N)cc1F. The van der Waals surface area contributed by atoms with Crippen LogP contribution in [0.4, 0.5) is 10.1 Å². The van der Waals surface area contributed by atoms with E-state index in [4.69, 9.17) is 15.2 Å². The van der Waals surface area contributed by atoms with E-state index in [9.17, 15) is 4.39 Å². The Morgan fingerprint density at radius 3 is 2.45 bits per heavy atom. The van der Waals surface area contributed by atoms with Gasteiger partial charge in [0.05, 0.1) is 6.61 Å². The summed E-state index contributed by atoms with van der Waals surface area (Å²) in [6.07, 6.45) is 2.92. The first-order valence-corrected chi connectivity index (χ1v) is 7.62. The molecule has 0 atom stereocenters. The summed E-state index contributed by atoms with van der Waals surface area (Å²) < 4.78 is 25.3.